The molecule has 4 N–H and O–H groups in total. The maximum Gasteiger partial charge on any atom is 2.00 e. The molecular formula is H6MgO4Si. The van der Waals surface area contributed by atoms with Crippen molar-refractivity contribution in [1.82, 2.24) is 0 Å². The monoisotopic (exact) mass is 122 g/mol. The summed E-state index contributed by atoms with van der Waals surface area (Å²) in [6.45, 7) is 0. The summed E-state index contributed by atoms with van der Waals surface area (Å²) >= 11 is 0. The molecule has 0 aliphatic rings. The SMILES string of the molecule is O[Si](O)(O)O.[H-].[H-].[Mg+2]. The molecule has 0 aromatic heterocycles. The van der Waals surface area contributed by atoms with Gasteiger partial charge in [0.25, 0.3) is 0 Å². The molecule has 0 amide bonds. The van der Waals surface area contributed by atoms with Gasteiger partial charge in [-0.05, 0) is 0 Å². The van der Waals surface area contributed by atoms with Crippen molar-refractivity contribution >= 4 is 32.1 Å². The Morgan fingerprint density at radius 3 is 1.00 bits per heavy atom. The zero-order valence-corrected chi connectivity index (χ0v) is 5.41. The van der Waals surface area contributed by atoms with Crippen molar-refractivity contribution in [3.8, 4) is 0 Å². The summed E-state index contributed by atoms with van der Waals surface area (Å²) in [5.74, 6) is 0. The second kappa shape index (κ2) is 2.91. The third-order valence-electron chi connectivity index (χ3n) is 0. The van der Waals surface area contributed by atoms with E-state index in [1.807, 2.05) is 0 Å². The average Bonchev–Trinajstić information content (AvgIpc) is 0.722. The van der Waals surface area contributed by atoms with Crippen LogP contribution in [0.15, 0.2) is 0 Å². The molecule has 36 valence electrons. The molecule has 6 heteroatoms. The summed E-state index contributed by atoms with van der Waals surface area (Å²) in [7, 11) is -4.61. The Labute approximate surface area is 54.7 Å². The zero-order chi connectivity index (χ0) is 4.50. The molecule has 0 aromatic rings. The van der Waals surface area contributed by atoms with E-state index in [0.717, 1.165) is 0 Å². The smallest absolute Gasteiger partial charge is 1.00 e. The van der Waals surface area contributed by atoms with Crippen LogP contribution in [0.1, 0.15) is 2.85 Å². The van der Waals surface area contributed by atoms with Crippen molar-refractivity contribution in [2.45, 2.75) is 0 Å². The van der Waals surface area contributed by atoms with Gasteiger partial charge in [0.1, 0.15) is 0 Å². The Balaban J connectivity index is -0.0000000267. The molecule has 0 spiro atoms. The van der Waals surface area contributed by atoms with E-state index in [1.165, 1.54) is 0 Å². The first kappa shape index (κ1) is 9.95. The normalized spacial score (nSPS) is 10.0. The van der Waals surface area contributed by atoms with E-state index in [-0.39, 0.29) is 25.9 Å². The van der Waals surface area contributed by atoms with Crippen LogP contribution in [0, 0.1) is 0 Å². The molecule has 0 saturated heterocycles. The molecule has 0 fully saturated rings. The predicted octanol–water partition coefficient (Wildman–Crippen LogP) is -2.76. The molecule has 0 radical (unpaired) electrons. The van der Waals surface area contributed by atoms with Crippen LogP contribution in [-0.2, 0) is 0 Å². The van der Waals surface area contributed by atoms with Crippen LogP contribution in [-0.4, -0.2) is 51.3 Å². The number of hydrogen-bond donors (Lipinski definition) is 4. The van der Waals surface area contributed by atoms with Crippen molar-refractivity contribution in [2.75, 3.05) is 0 Å². The Kier molecular flexibility index (Phi) is 4.82. The fraction of sp³-hybridized carbons (Fsp3) is 0. The topological polar surface area (TPSA) is 80.9 Å². The van der Waals surface area contributed by atoms with Gasteiger partial charge in [-0.3, -0.25) is 0 Å². The van der Waals surface area contributed by atoms with Crippen LogP contribution in [0.4, 0.5) is 0 Å². The Morgan fingerprint density at radius 1 is 1.00 bits per heavy atom. The minimum absolute atomic E-state index is 0. The van der Waals surface area contributed by atoms with Gasteiger partial charge in [-0.1, -0.05) is 0 Å². The summed E-state index contributed by atoms with van der Waals surface area (Å²) in [5.41, 5.74) is 0. The number of hydrogen-bond acceptors (Lipinski definition) is 4. The fourth-order valence-corrected chi connectivity index (χ4v) is 0. The average molecular weight is 122 g/mol. The molecule has 0 unspecified atom stereocenters. The first-order valence-electron chi connectivity index (χ1n) is 0.894. The summed E-state index contributed by atoms with van der Waals surface area (Å²) in [6.07, 6.45) is 0. The van der Waals surface area contributed by atoms with Gasteiger partial charge in [0.05, 0.1) is 0 Å². The molecule has 0 aliphatic carbocycles. The van der Waals surface area contributed by atoms with E-state index in [2.05, 4.69) is 0 Å². The summed E-state index contributed by atoms with van der Waals surface area (Å²) in [4.78, 5) is 29.3. The van der Waals surface area contributed by atoms with Crippen molar-refractivity contribution < 1.29 is 22.0 Å². The van der Waals surface area contributed by atoms with Crippen molar-refractivity contribution in [2.24, 2.45) is 0 Å². The molecule has 0 aromatic carbocycles. The van der Waals surface area contributed by atoms with Gasteiger partial charge in [-0.2, -0.15) is 0 Å². The van der Waals surface area contributed by atoms with E-state index in [4.69, 9.17) is 19.2 Å². The van der Waals surface area contributed by atoms with Crippen LogP contribution in [0.25, 0.3) is 0 Å². The first-order chi connectivity index (χ1) is 2.00. The maximum absolute atomic E-state index is 7.33. The first-order valence-corrected chi connectivity index (χ1v) is 2.68. The van der Waals surface area contributed by atoms with Gasteiger partial charge in [0.15, 0.2) is 0 Å². The molecule has 0 rings (SSSR count). The van der Waals surface area contributed by atoms with Gasteiger partial charge in [-0.15, -0.1) is 0 Å². The molecular weight excluding hydrogens is 116 g/mol. The molecule has 6 heavy (non-hydrogen) atoms. The maximum atomic E-state index is 7.33. The van der Waals surface area contributed by atoms with Crippen LogP contribution in [0.2, 0.25) is 0 Å². The third-order valence-corrected chi connectivity index (χ3v) is 0. The second-order valence-corrected chi connectivity index (χ2v) is 1.80. The van der Waals surface area contributed by atoms with E-state index >= 15 is 0 Å². The van der Waals surface area contributed by atoms with Crippen LogP contribution < -0.4 is 0 Å². The molecule has 0 atom stereocenters. The fourth-order valence-electron chi connectivity index (χ4n) is 0. The predicted molar refractivity (Wildman–Crippen MR) is 22.6 cm³/mol. The molecule has 0 saturated carbocycles. The van der Waals surface area contributed by atoms with Gasteiger partial charge < -0.3 is 22.0 Å². The minimum Gasteiger partial charge on any atom is -1.00 e. The quantitative estimate of drug-likeness (QED) is 0.262. The van der Waals surface area contributed by atoms with E-state index < -0.39 is 9.05 Å². The summed E-state index contributed by atoms with van der Waals surface area (Å²) in [6, 6.07) is 0. The van der Waals surface area contributed by atoms with Crippen molar-refractivity contribution in [1.29, 1.82) is 0 Å². The van der Waals surface area contributed by atoms with E-state index in [1.54, 1.807) is 0 Å². The molecule has 0 aliphatic heterocycles. The third kappa shape index (κ3) is 104. The largest absolute Gasteiger partial charge is 2.00 e. The summed E-state index contributed by atoms with van der Waals surface area (Å²) in [5, 5.41) is 0. The molecule has 0 heterocycles. The standard InChI is InChI=1S/Mg.H4O4Si.2H/c;1-5(2,3)4;;/h;1-4H;;/q+2;;2*-1. The van der Waals surface area contributed by atoms with Crippen molar-refractivity contribution in [3.05, 3.63) is 0 Å². The van der Waals surface area contributed by atoms with Gasteiger partial charge in [0, 0.05) is 0 Å². The Hall–Kier alpha value is 0.823. The Bertz CT molecular complexity index is 29.5. The zero-order valence-electron chi connectivity index (χ0n) is 5.00. The van der Waals surface area contributed by atoms with Crippen molar-refractivity contribution in [3.63, 3.8) is 0 Å². The van der Waals surface area contributed by atoms with E-state index in [9.17, 15) is 0 Å². The van der Waals surface area contributed by atoms with Gasteiger partial charge >= 0.3 is 32.1 Å². The number of rotatable bonds is 0. The summed E-state index contributed by atoms with van der Waals surface area (Å²) < 4.78 is 0. The molecule has 4 nitrogen and oxygen atoms in total. The minimum atomic E-state index is -4.61. The van der Waals surface area contributed by atoms with E-state index in [0.29, 0.717) is 0 Å². The van der Waals surface area contributed by atoms with Gasteiger partial charge in [0.2, 0.25) is 0 Å². The Morgan fingerprint density at radius 2 is 1.00 bits per heavy atom. The van der Waals surface area contributed by atoms with Crippen LogP contribution >= 0.6 is 0 Å². The molecule has 0 bridgehead atoms. The van der Waals surface area contributed by atoms with Crippen LogP contribution in [0.5, 0.6) is 0 Å². The van der Waals surface area contributed by atoms with Gasteiger partial charge in [-0.25, -0.2) is 0 Å². The second-order valence-electron chi connectivity index (χ2n) is 0.600. The van der Waals surface area contributed by atoms with Crippen LogP contribution in [0.3, 0.4) is 0 Å².